The molecule has 0 fully saturated rings. The maximum Gasteiger partial charge on any atom is 0.315 e. The number of primary amides is 1. The van der Waals surface area contributed by atoms with Crippen LogP contribution in [0, 0.1) is 0 Å². The van der Waals surface area contributed by atoms with Gasteiger partial charge in [0.05, 0.1) is 0 Å². The molecule has 6 nitrogen and oxygen atoms in total. The van der Waals surface area contributed by atoms with Crippen molar-refractivity contribution >= 4 is 44.4 Å². The number of nitrogens with zero attached hydrogens (tertiary/aromatic N) is 2. The van der Waals surface area contributed by atoms with Gasteiger partial charge in [-0.25, -0.2) is 4.79 Å². The van der Waals surface area contributed by atoms with Gasteiger partial charge in [-0.1, -0.05) is 91.0 Å². The van der Waals surface area contributed by atoms with Crippen molar-refractivity contribution in [2.24, 2.45) is 5.73 Å². The number of likely N-dealkylation sites (N-methyl/N-ethyl adjacent to an activating group) is 1. The minimum Gasteiger partial charge on any atom is -0.351 e. The Bertz CT molecular complexity index is 1910. The molecule has 5 aromatic carbocycles. The molecular weight excluding hydrogens is 520 g/mol. The van der Waals surface area contributed by atoms with Gasteiger partial charge in [0.1, 0.15) is 6.04 Å². The van der Waals surface area contributed by atoms with E-state index in [1.807, 2.05) is 43.3 Å². The number of nitrogens with one attached hydrogen (secondary N) is 1. The number of benzene rings is 5. The summed E-state index contributed by atoms with van der Waals surface area (Å²) in [4.78, 5) is 27.6. The highest BCUT2D eigenvalue weighted by atomic mass is 16.2. The van der Waals surface area contributed by atoms with Crippen LogP contribution in [0.15, 0.2) is 115 Å². The Hall–Kier alpha value is -5.10. The first-order valence-electron chi connectivity index (χ1n) is 14.4. The molecule has 0 bridgehead atoms. The van der Waals surface area contributed by atoms with E-state index in [0.29, 0.717) is 26.1 Å². The van der Waals surface area contributed by atoms with Crippen LogP contribution < -0.4 is 11.1 Å². The van der Waals surface area contributed by atoms with Crippen LogP contribution in [0.2, 0.25) is 0 Å². The predicted molar refractivity (Wildman–Crippen MR) is 170 cm³/mol. The second-order valence-corrected chi connectivity index (χ2v) is 10.7. The zero-order valence-corrected chi connectivity index (χ0v) is 23.7. The molecule has 42 heavy (non-hydrogen) atoms. The number of amides is 3. The highest BCUT2D eigenvalue weighted by Gasteiger charge is 2.29. The van der Waals surface area contributed by atoms with Gasteiger partial charge < -0.3 is 20.5 Å². The van der Waals surface area contributed by atoms with Gasteiger partial charge >= 0.3 is 6.03 Å². The summed E-state index contributed by atoms with van der Waals surface area (Å²) < 4.78 is 2.22. The molecule has 1 heterocycles. The van der Waals surface area contributed by atoms with Crippen LogP contribution >= 0.6 is 0 Å². The van der Waals surface area contributed by atoms with Crippen molar-refractivity contribution in [3.63, 3.8) is 0 Å². The molecule has 0 saturated heterocycles. The highest BCUT2D eigenvalue weighted by molar-refractivity contribution is 5.90. The number of nitrogens with two attached hydrogens (primary N) is 1. The highest BCUT2D eigenvalue weighted by Crippen LogP contribution is 2.26. The van der Waals surface area contributed by atoms with Crippen molar-refractivity contribution in [3.05, 3.63) is 132 Å². The molecule has 0 aliphatic carbocycles. The average molecular weight is 555 g/mol. The quantitative estimate of drug-likeness (QED) is 0.211. The van der Waals surface area contributed by atoms with E-state index in [1.54, 1.807) is 0 Å². The second-order valence-electron chi connectivity index (χ2n) is 10.7. The fraction of sp³-hybridized carbons (Fsp3) is 0.167. The van der Waals surface area contributed by atoms with Gasteiger partial charge in [0, 0.05) is 43.2 Å². The summed E-state index contributed by atoms with van der Waals surface area (Å²) in [6.45, 7) is 3.23. The van der Waals surface area contributed by atoms with Crippen LogP contribution in [0.3, 0.4) is 0 Å². The van der Waals surface area contributed by atoms with E-state index in [0.717, 1.165) is 32.8 Å². The predicted octanol–water partition coefficient (Wildman–Crippen LogP) is 6.62. The monoisotopic (exact) mass is 554 g/mol. The summed E-state index contributed by atoms with van der Waals surface area (Å²) in [5.41, 5.74) is 10.0. The summed E-state index contributed by atoms with van der Waals surface area (Å²) >= 11 is 0. The van der Waals surface area contributed by atoms with Gasteiger partial charge in [-0.3, -0.25) is 4.79 Å². The minimum absolute atomic E-state index is 0.227. The van der Waals surface area contributed by atoms with E-state index in [1.165, 1.54) is 21.2 Å². The van der Waals surface area contributed by atoms with Crippen LogP contribution in [0.4, 0.5) is 4.79 Å². The lowest BCUT2D eigenvalue weighted by molar-refractivity contribution is -0.125. The first kappa shape index (κ1) is 27.1. The minimum atomic E-state index is -0.743. The molecule has 1 atom stereocenters. The molecule has 6 heteroatoms. The molecule has 0 aliphatic rings. The number of hydrogen-bond acceptors (Lipinski definition) is 2. The molecular formula is C36H34N4O2. The number of urea groups is 1. The number of fused-ring (bicyclic) bond motifs is 3. The van der Waals surface area contributed by atoms with Crippen LogP contribution in [-0.4, -0.2) is 34.0 Å². The first-order valence-corrected chi connectivity index (χ1v) is 14.4. The molecule has 210 valence electrons. The van der Waals surface area contributed by atoms with Crippen molar-refractivity contribution in [2.75, 3.05) is 6.54 Å². The van der Waals surface area contributed by atoms with E-state index in [4.69, 9.17) is 5.73 Å². The number of rotatable bonds is 9. The van der Waals surface area contributed by atoms with Gasteiger partial charge in [0.15, 0.2) is 0 Å². The van der Waals surface area contributed by atoms with Gasteiger partial charge in [-0.05, 0) is 63.4 Å². The van der Waals surface area contributed by atoms with Crippen molar-refractivity contribution in [1.29, 1.82) is 0 Å². The summed E-state index contributed by atoms with van der Waals surface area (Å²) in [5.74, 6) is -0.227. The van der Waals surface area contributed by atoms with Crippen LogP contribution in [-0.2, 0) is 24.3 Å². The molecule has 0 radical (unpaired) electrons. The van der Waals surface area contributed by atoms with Gasteiger partial charge in [-0.15, -0.1) is 0 Å². The molecule has 0 unspecified atom stereocenters. The summed E-state index contributed by atoms with van der Waals surface area (Å²) in [7, 11) is 0. The molecule has 6 rings (SSSR count). The number of carbonyl (C=O) groups excluding carboxylic acids is 2. The van der Waals surface area contributed by atoms with Crippen LogP contribution in [0.1, 0.15) is 23.6 Å². The number of carbonyl (C=O) groups is 2. The zero-order chi connectivity index (χ0) is 29.1. The van der Waals surface area contributed by atoms with Crippen molar-refractivity contribution in [2.45, 2.75) is 32.5 Å². The molecule has 0 saturated carbocycles. The normalized spacial score (nSPS) is 12.0. The van der Waals surface area contributed by atoms with E-state index >= 15 is 0 Å². The Kier molecular flexibility index (Phi) is 7.60. The fourth-order valence-corrected chi connectivity index (χ4v) is 5.89. The lowest BCUT2D eigenvalue weighted by Crippen LogP contribution is -2.52. The second kappa shape index (κ2) is 11.8. The van der Waals surface area contributed by atoms with Gasteiger partial charge in [-0.2, -0.15) is 0 Å². The molecule has 3 N–H and O–H groups in total. The Labute approximate surface area is 245 Å². The van der Waals surface area contributed by atoms with Crippen LogP contribution in [0.5, 0.6) is 0 Å². The molecule has 1 aromatic heterocycles. The largest absolute Gasteiger partial charge is 0.351 e. The summed E-state index contributed by atoms with van der Waals surface area (Å²) in [5, 5.41) is 8.81. The van der Waals surface area contributed by atoms with Gasteiger partial charge in [0.25, 0.3) is 0 Å². The Morgan fingerprint density at radius 1 is 0.786 bits per heavy atom. The maximum atomic E-state index is 13.7. The SMILES string of the molecule is CCN(C(N)=O)[C@H](Cc1cn(Cc2ccc3ccccc3c2)c2ccccc12)C(=O)NCc1ccc2ccccc2c1. The van der Waals surface area contributed by atoms with Crippen LogP contribution in [0.25, 0.3) is 32.4 Å². The maximum absolute atomic E-state index is 13.7. The van der Waals surface area contributed by atoms with Crippen molar-refractivity contribution in [3.8, 4) is 0 Å². The van der Waals surface area contributed by atoms with Crippen molar-refractivity contribution < 1.29 is 9.59 Å². The third-order valence-electron chi connectivity index (χ3n) is 8.03. The van der Waals surface area contributed by atoms with Crippen molar-refractivity contribution in [1.82, 2.24) is 14.8 Å². The summed E-state index contributed by atoms with van der Waals surface area (Å²) in [6, 6.07) is 36.0. The lowest BCUT2D eigenvalue weighted by Gasteiger charge is -2.28. The Balaban J connectivity index is 1.28. The standard InChI is InChI=1S/C36H34N4O2/c1-2-40(36(37)42)34(35(41)38-22-25-15-17-27-9-3-5-11-29(27)19-25)21-31-24-39(33-14-8-7-13-32(31)33)23-26-16-18-28-10-4-6-12-30(28)20-26/h3-20,24,34H,2,21-23H2,1H3,(H2,37,42)(H,38,41)/t34-/m1/s1. The van der Waals surface area contributed by atoms with E-state index in [9.17, 15) is 9.59 Å². The number of aromatic nitrogens is 1. The zero-order valence-electron chi connectivity index (χ0n) is 23.7. The molecule has 0 aliphatic heterocycles. The van der Waals surface area contributed by atoms with Gasteiger partial charge in [0.2, 0.25) is 5.91 Å². The number of para-hydroxylation sites is 1. The smallest absolute Gasteiger partial charge is 0.315 e. The average Bonchev–Trinajstić information content (AvgIpc) is 3.36. The Morgan fingerprint density at radius 3 is 2.05 bits per heavy atom. The summed E-state index contributed by atoms with van der Waals surface area (Å²) in [6.07, 6.45) is 2.46. The van der Waals surface area contributed by atoms with E-state index in [-0.39, 0.29) is 5.91 Å². The Morgan fingerprint density at radius 2 is 1.38 bits per heavy atom. The van der Waals surface area contributed by atoms with E-state index < -0.39 is 12.1 Å². The lowest BCUT2D eigenvalue weighted by atomic mass is 10.0. The molecule has 6 aromatic rings. The molecule has 0 spiro atoms. The van der Waals surface area contributed by atoms with E-state index in [2.05, 4.69) is 88.9 Å². The first-order chi connectivity index (χ1) is 20.5. The topological polar surface area (TPSA) is 80.4 Å². The molecule has 3 amide bonds. The fourth-order valence-electron chi connectivity index (χ4n) is 5.89. The number of hydrogen-bond donors (Lipinski definition) is 2. The third kappa shape index (κ3) is 5.56. The third-order valence-corrected chi connectivity index (χ3v) is 8.03.